The summed E-state index contributed by atoms with van der Waals surface area (Å²) < 4.78 is 31.5. The normalized spacial score (nSPS) is 14.9. The molecule has 0 unspecified atom stereocenters. The average molecular weight is 1330 g/mol. The lowest BCUT2D eigenvalue weighted by molar-refractivity contribution is -0.666. The van der Waals surface area contributed by atoms with E-state index in [9.17, 15) is 0 Å². The van der Waals surface area contributed by atoms with E-state index in [1.165, 1.54) is 162 Å². The average Bonchev–Trinajstić information content (AvgIpc) is 1.60. The Morgan fingerprint density at radius 2 is 0.644 bits per heavy atom. The summed E-state index contributed by atoms with van der Waals surface area (Å²) in [6.45, 7) is 41.8. The van der Waals surface area contributed by atoms with E-state index in [-0.39, 0.29) is 21.7 Å². The number of fused-ring (bicyclic) bond motifs is 12. The zero-order chi connectivity index (χ0) is 75.1. The third kappa shape index (κ3) is 11.9. The van der Waals surface area contributed by atoms with Gasteiger partial charge in [-0.25, -0.2) is 13.7 Å². The molecule has 0 radical (unpaired) electrons. The molecule has 0 bridgehead atoms. The minimum absolute atomic E-state index is 0.0469. The van der Waals surface area contributed by atoms with Crippen molar-refractivity contribution in [1.29, 1.82) is 0 Å². The summed E-state index contributed by atoms with van der Waals surface area (Å²) in [5.41, 5.74) is 44.9. The van der Waals surface area contributed by atoms with Crippen LogP contribution < -0.4 is 18.3 Å². The third-order valence-corrected chi connectivity index (χ3v) is 22.6. The Balaban J connectivity index is 0.000000123. The summed E-state index contributed by atoms with van der Waals surface area (Å²) in [5, 5.41) is 0. The Kier molecular flexibility index (Phi) is 16.5. The maximum Gasteiger partial charge on any atom is 0.212 e. The largest absolute Gasteiger partial charge is 0.257 e. The van der Waals surface area contributed by atoms with Gasteiger partial charge in [-0.2, -0.15) is 4.57 Å². The van der Waals surface area contributed by atoms with Gasteiger partial charge in [-0.05, 0) is 222 Å². The molecule has 8 heterocycles. The molecular formula is C93H102N8+4. The van der Waals surface area contributed by atoms with Crippen LogP contribution in [0.2, 0.25) is 0 Å². The SMILES string of the molecule is Cc1cc[n+](C)c(-c2cc3c(cc2C)C(C)(C)c2nc(C)ccc2-3)c1.Cc1ccc2c(n1)C(C)(C)c1cc(C)c(-c3cc(C)c(C)c[n+]3C)cc1-2.Cc1ccc2c(n1)C(C)(C)c1cc(C)c(-c3cccc(C)[n+]3C)cc1-2.[2H]C([2H])([2H])c1ccc(-c2cc3c(cc2C)C(C)(C)c2nc(C)ccc2-3)[n+](C)c1. The maximum atomic E-state index is 7.64. The number of nitrogens with zero attached hydrogens (tertiary/aromatic N) is 8. The monoisotopic (exact) mass is 1330 g/mol. The van der Waals surface area contributed by atoms with Crippen LogP contribution in [0.25, 0.3) is 89.5 Å². The fourth-order valence-electron chi connectivity index (χ4n) is 16.4. The van der Waals surface area contributed by atoms with Gasteiger partial charge in [0.15, 0.2) is 24.3 Å². The van der Waals surface area contributed by atoms with Crippen LogP contribution in [0.4, 0.5) is 0 Å². The van der Waals surface area contributed by atoms with Crippen LogP contribution in [-0.4, -0.2) is 19.9 Å². The van der Waals surface area contributed by atoms with Gasteiger partial charge < -0.3 is 0 Å². The van der Waals surface area contributed by atoms with Crippen molar-refractivity contribution in [2.24, 2.45) is 28.2 Å². The van der Waals surface area contributed by atoms with Crippen molar-refractivity contribution in [3.63, 3.8) is 0 Å². The van der Waals surface area contributed by atoms with Gasteiger partial charge >= 0.3 is 0 Å². The molecule has 4 aromatic carbocycles. The first-order valence-electron chi connectivity index (χ1n) is 37.2. The molecule has 510 valence electrons. The van der Waals surface area contributed by atoms with E-state index in [0.29, 0.717) is 5.56 Å². The number of aromatic nitrogens is 8. The molecule has 8 aromatic heterocycles. The second-order valence-electron chi connectivity index (χ2n) is 31.6. The smallest absolute Gasteiger partial charge is 0.212 e. The van der Waals surface area contributed by atoms with E-state index in [1.807, 2.05) is 24.6 Å². The lowest BCUT2D eigenvalue weighted by atomic mass is 9.83. The van der Waals surface area contributed by atoms with Crippen LogP contribution >= 0.6 is 0 Å². The molecule has 8 heteroatoms. The van der Waals surface area contributed by atoms with Crippen molar-refractivity contribution in [3.05, 3.63) is 282 Å². The predicted molar refractivity (Wildman–Crippen MR) is 415 cm³/mol. The standard InChI is InChI=1S/C24H27N2.3C23H25N2/c1-14-11-22(26(7)13-16(14)3)19-12-20-18-9-8-17(4)25-23(18)24(5,6)21(20)10-15(19)2;1-14-7-10-21(25(6)13-14)18-12-19-17-9-8-16(3)24-22(17)23(4,5)20(19)11-15(18)2;1-14-9-10-25(6)21(11-14)18-13-19-17-8-7-16(3)24-22(17)23(4,5)20(19)12-15(18)2;1-14-12-20-19(13-18(14)21-9-7-8-16(3)25(21)6)17-11-10-15(2)24-22(17)23(20,4)5/h8-13H,1-7H3;3*7-13H,1-6H3/q4*+1/i;1D3;;. The minimum atomic E-state index is -2.10. The van der Waals surface area contributed by atoms with E-state index in [0.717, 1.165) is 39.7 Å². The molecule has 0 atom stereocenters. The molecule has 0 amide bonds. The Labute approximate surface area is 605 Å². The van der Waals surface area contributed by atoms with Crippen molar-refractivity contribution in [2.45, 2.75) is 167 Å². The highest BCUT2D eigenvalue weighted by Crippen LogP contribution is 2.54. The van der Waals surface area contributed by atoms with E-state index in [2.05, 4.69) is 312 Å². The Morgan fingerprint density at radius 1 is 0.287 bits per heavy atom. The molecule has 0 N–H and O–H groups in total. The number of rotatable bonds is 4. The van der Waals surface area contributed by atoms with Crippen LogP contribution in [0.15, 0.2) is 164 Å². The van der Waals surface area contributed by atoms with Crippen molar-refractivity contribution in [1.82, 2.24) is 19.9 Å². The molecule has 12 aromatic rings. The Hall–Kier alpha value is -9.92. The lowest BCUT2D eigenvalue weighted by Crippen LogP contribution is -2.34. The number of hydrogen-bond acceptors (Lipinski definition) is 4. The molecule has 8 nitrogen and oxygen atoms in total. The van der Waals surface area contributed by atoms with Gasteiger partial charge in [-0.1, -0.05) is 104 Å². The molecule has 0 saturated carbocycles. The summed E-state index contributed by atoms with van der Waals surface area (Å²) in [5.74, 6) is 0. The van der Waals surface area contributed by atoms with Crippen molar-refractivity contribution >= 4 is 0 Å². The first-order chi connectivity index (χ1) is 48.8. The number of pyridine rings is 8. The fourth-order valence-corrected chi connectivity index (χ4v) is 16.4. The molecular weight excluding hydrogens is 1230 g/mol. The van der Waals surface area contributed by atoms with Crippen molar-refractivity contribution < 1.29 is 22.4 Å². The van der Waals surface area contributed by atoms with Crippen molar-refractivity contribution in [2.75, 3.05) is 0 Å². The second-order valence-corrected chi connectivity index (χ2v) is 31.6. The van der Waals surface area contributed by atoms with Gasteiger partial charge in [0, 0.05) is 148 Å². The topological polar surface area (TPSA) is 67.1 Å². The van der Waals surface area contributed by atoms with Gasteiger partial charge in [-0.15, -0.1) is 0 Å². The highest BCUT2D eigenvalue weighted by atomic mass is 14.9. The predicted octanol–water partition coefficient (Wildman–Crippen LogP) is 19.5. The maximum absolute atomic E-state index is 7.64. The minimum Gasteiger partial charge on any atom is -0.257 e. The van der Waals surface area contributed by atoms with Gasteiger partial charge in [0.25, 0.3) is 0 Å². The first kappa shape index (κ1) is 65.7. The van der Waals surface area contributed by atoms with Crippen LogP contribution in [0, 0.1) is 89.9 Å². The summed E-state index contributed by atoms with van der Waals surface area (Å²) in [6, 6.07) is 52.8. The molecule has 0 spiro atoms. The highest BCUT2D eigenvalue weighted by molar-refractivity contribution is 5.88. The molecule has 0 fully saturated rings. The van der Waals surface area contributed by atoms with Gasteiger partial charge in [0.1, 0.15) is 28.2 Å². The summed E-state index contributed by atoms with van der Waals surface area (Å²) >= 11 is 0. The summed E-state index contributed by atoms with van der Waals surface area (Å²) in [6.07, 6.45) is 6.07. The second kappa shape index (κ2) is 25.3. The summed E-state index contributed by atoms with van der Waals surface area (Å²) in [4.78, 5) is 19.5. The summed E-state index contributed by atoms with van der Waals surface area (Å²) in [7, 11) is 8.29. The zero-order valence-electron chi connectivity index (χ0n) is 67.2. The van der Waals surface area contributed by atoms with E-state index in [1.54, 1.807) is 12.3 Å². The number of aryl methyl sites for hydroxylation is 16. The van der Waals surface area contributed by atoms with Gasteiger partial charge in [0.05, 0.1) is 22.8 Å². The van der Waals surface area contributed by atoms with Gasteiger partial charge in [0.2, 0.25) is 22.8 Å². The van der Waals surface area contributed by atoms with E-state index >= 15 is 0 Å². The Morgan fingerprint density at radius 3 is 1.02 bits per heavy atom. The fraction of sp³-hybridized carbons (Fsp3) is 0.312. The quantitative estimate of drug-likeness (QED) is 0.165. The molecule has 4 aliphatic rings. The van der Waals surface area contributed by atoms with Crippen LogP contribution in [0.5, 0.6) is 0 Å². The van der Waals surface area contributed by atoms with E-state index in [4.69, 9.17) is 24.0 Å². The van der Waals surface area contributed by atoms with Crippen molar-refractivity contribution in [3.8, 4) is 89.5 Å². The lowest BCUT2D eigenvalue weighted by Gasteiger charge is -2.21. The Bertz CT molecular complexity index is 5450. The number of benzene rings is 4. The number of hydrogen-bond donors (Lipinski definition) is 0. The molecule has 101 heavy (non-hydrogen) atoms. The molecule has 4 aliphatic carbocycles. The first-order valence-corrected chi connectivity index (χ1v) is 35.7. The van der Waals surface area contributed by atoms with Crippen LogP contribution in [0.3, 0.4) is 0 Å². The van der Waals surface area contributed by atoms with E-state index < -0.39 is 6.85 Å². The van der Waals surface area contributed by atoms with Crippen LogP contribution in [0.1, 0.15) is 178 Å². The van der Waals surface area contributed by atoms with Gasteiger partial charge in [-0.3, -0.25) is 19.9 Å². The molecule has 0 saturated heterocycles. The molecule has 16 rings (SSSR count). The molecule has 0 aliphatic heterocycles. The zero-order valence-corrected chi connectivity index (χ0v) is 64.2. The van der Waals surface area contributed by atoms with Crippen LogP contribution in [-0.2, 0) is 49.9 Å². The highest BCUT2D eigenvalue weighted by Gasteiger charge is 2.42. The third-order valence-electron chi connectivity index (χ3n) is 22.6.